The van der Waals surface area contributed by atoms with E-state index in [1.54, 1.807) is 0 Å². The lowest BCUT2D eigenvalue weighted by Crippen LogP contribution is -2.37. The van der Waals surface area contributed by atoms with E-state index in [1.807, 2.05) is 11.8 Å². The number of hydrogen-bond donors (Lipinski definition) is 1. The van der Waals surface area contributed by atoms with Gasteiger partial charge in [-0.05, 0) is 18.5 Å². The molecule has 1 aliphatic rings. The zero-order valence-electron chi connectivity index (χ0n) is 12.4. The summed E-state index contributed by atoms with van der Waals surface area (Å²) >= 11 is 5.98. The molecule has 0 unspecified atom stereocenters. The van der Waals surface area contributed by atoms with Gasteiger partial charge in [-0.25, -0.2) is 14.4 Å². The molecule has 8 nitrogen and oxygen atoms in total. The van der Waals surface area contributed by atoms with Gasteiger partial charge in [0, 0.05) is 13.1 Å². The molecule has 0 aromatic carbocycles. The van der Waals surface area contributed by atoms with Gasteiger partial charge >= 0.3 is 0 Å². The summed E-state index contributed by atoms with van der Waals surface area (Å²) in [6.45, 7) is 4.43. The van der Waals surface area contributed by atoms with Crippen molar-refractivity contribution in [1.29, 1.82) is 0 Å². The molecule has 3 rings (SSSR count). The minimum atomic E-state index is -0.487. The van der Waals surface area contributed by atoms with Gasteiger partial charge < -0.3 is 15.0 Å². The first-order valence-electron chi connectivity index (χ1n) is 7.10. The van der Waals surface area contributed by atoms with Crippen LogP contribution in [-0.2, 0) is 4.74 Å². The van der Waals surface area contributed by atoms with E-state index in [2.05, 4.69) is 30.2 Å². The van der Waals surface area contributed by atoms with Crippen molar-refractivity contribution in [1.82, 2.24) is 24.9 Å². The summed E-state index contributed by atoms with van der Waals surface area (Å²) in [6, 6.07) is -0.313. The van der Waals surface area contributed by atoms with E-state index in [4.69, 9.17) is 16.3 Å². The van der Waals surface area contributed by atoms with Gasteiger partial charge in [0.15, 0.2) is 5.82 Å². The Morgan fingerprint density at radius 1 is 1.22 bits per heavy atom. The summed E-state index contributed by atoms with van der Waals surface area (Å²) < 4.78 is 18.2. The van der Waals surface area contributed by atoms with Gasteiger partial charge in [0.05, 0.1) is 31.6 Å². The van der Waals surface area contributed by atoms with E-state index in [1.165, 1.54) is 0 Å². The van der Waals surface area contributed by atoms with Crippen LogP contribution in [-0.4, -0.2) is 51.2 Å². The Morgan fingerprint density at radius 2 is 1.91 bits per heavy atom. The van der Waals surface area contributed by atoms with Crippen LogP contribution in [0.1, 0.15) is 18.8 Å². The Kier molecular flexibility index (Phi) is 4.77. The number of halogens is 2. The summed E-state index contributed by atoms with van der Waals surface area (Å²) in [5.41, 5.74) is 0. The van der Waals surface area contributed by atoms with Gasteiger partial charge in [0.1, 0.15) is 5.82 Å². The van der Waals surface area contributed by atoms with Gasteiger partial charge in [0.25, 0.3) is 0 Å². The first kappa shape index (κ1) is 15.8. The zero-order chi connectivity index (χ0) is 16.2. The van der Waals surface area contributed by atoms with Crippen molar-refractivity contribution < 1.29 is 9.13 Å². The number of ether oxygens (including phenoxy) is 1. The number of hydrogen-bond acceptors (Lipinski definition) is 8. The van der Waals surface area contributed by atoms with E-state index in [-0.39, 0.29) is 11.3 Å². The fourth-order valence-electron chi connectivity index (χ4n) is 2.11. The highest BCUT2D eigenvalue weighted by Gasteiger charge is 2.17. The molecule has 3 heterocycles. The van der Waals surface area contributed by atoms with E-state index in [0.29, 0.717) is 44.0 Å². The van der Waals surface area contributed by atoms with Crippen LogP contribution in [0.5, 0.6) is 0 Å². The first-order chi connectivity index (χ1) is 11.1. The molecule has 0 bridgehead atoms. The van der Waals surface area contributed by atoms with Gasteiger partial charge in [0.2, 0.25) is 17.2 Å². The maximum Gasteiger partial charge on any atom is 0.231 e. The average Bonchev–Trinajstić information content (AvgIpc) is 2.55. The predicted octanol–water partition coefficient (Wildman–Crippen LogP) is 1.46. The lowest BCUT2D eigenvalue weighted by molar-refractivity contribution is 0.122. The molecule has 2 aromatic heterocycles. The fraction of sp³-hybridized carbons (Fsp3) is 0.462. The summed E-state index contributed by atoms with van der Waals surface area (Å²) in [5, 5.41) is 3.14. The molecule has 0 amide bonds. The molecule has 1 aliphatic heterocycles. The second-order valence-electron chi connectivity index (χ2n) is 4.95. The number of nitrogens with one attached hydrogen (secondary N) is 1. The molecule has 0 aliphatic carbocycles. The Balaban J connectivity index is 1.76. The van der Waals surface area contributed by atoms with Gasteiger partial charge in [-0.2, -0.15) is 15.0 Å². The number of rotatable bonds is 4. The normalized spacial score (nSPS) is 16.2. The molecule has 0 spiro atoms. The highest BCUT2D eigenvalue weighted by atomic mass is 35.5. The standard InChI is InChI=1S/C13H15ClFN7O/c1-8(10-16-6-9(15)7-17-10)18-12-19-11(14)20-13(21-12)22-2-4-23-5-3-22/h6-8H,2-5H2,1H3,(H,18,19,20,21)/t8-/m0/s1. The third-order valence-electron chi connectivity index (χ3n) is 3.26. The first-order valence-corrected chi connectivity index (χ1v) is 7.48. The molecule has 0 radical (unpaired) electrons. The van der Waals surface area contributed by atoms with Crippen molar-refractivity contribution in [2.45, 2.75) is 13.0 Å². The molecular weight excluding hydrogens is 325 g/mol. The second-order valence-corrected chi connectivity index (χ2v) is 5.29. The van der Waals surface area contributed by atoms with E-state index >= 15 is 0 Å². The largest absolute Gasteiger partial charge is 0.378 e. The number of aromatic nitrogens is 5. The molecule has 1 fully saturated rings. The summed E-state index contributed by atoms with van der Waals surface area (Å²) in [7, 11) is 0. The van der Waals surface area contributed by atoms with Crippen LogP contribution in [0, 0.1) is 5.82 Å². The van der Waals surface area contributed by atoms with Crippen LogP contribution in [0.2, 0.25) is 5.28 Å². The van der Waals surface area contributed by atoms with Gasteiger partial charge in [-0.3, -0.25) is 0 Å². The molecule has 0 saturated carbocycles. The molecule has 122 valence electrons. The lowest BCUT2D eigenvalue weighted by atomic mass is 10.3. The molecular formula is C13H15ClFN7O. The van der Waals surface area contributed by atoms with Crippen LogP contribution >= 0.6 is 11.6 Å². The maximum absolute atomic E-state index is 12.9. The fourth-order valence-corrected chi connectivity index (χ4v) is 2.27. The van der Waals surface area contributed by atoms with Crippen LogP contribution in [0.4, 0.5) is 16.3 Å². The van der Waals surface area contributed by atoms with E-state index in [9.17, 15) is 4.39 Å². The predicted molar refractivity (Wildman–Crippen MR) is 81.9 cm³/mol. The van der Waals surface area contributed by atoms with Gasteiger partial charge in [-0.15, -0.1) is 0 Å². The van der Waals surface area contributed by atoms with E-state index in [0.717, 1.165) is 12.4 Å². The minimum absolute atomic E-state index is 0.0937. The van der Waals surface area contributed by atoms with Crippen molar-refractivity contribution in [2.24, 2.45) is 0 Å². The van der Waals surface area contributed by atoms with Crippen molar-refractivity contribution in [2.75, 3.05) is 36.5 Å². The number of morpholine rings is 1. The Morgan fingerprint density at radius 3 is 2.61 bits per heavy atom. The monoisotopic (exact) mass is 339 g/mol. The van der Waals surface area contributed by atoms with Crippen LogP contribution in [0.3, 0.4) is 0 Å². The zero-order valence-corrected chi connectivity index (χ0v) is 13.2. The summed E-state index contributed by atoms with van der Waals surface area (Å²) in [6.07, 6.45) is 2.22. The summed E-state index contributed by atoms with van der Waals surface area (Å²) in [4.78, 5) is 22.4. The molecule has 2 aromatic rings. The third-order valence-corrected chi connectivity index (χ3v) is 3.43. The Labute approximate surface area is 137 Å². The van der Waals surface area contributed by atoms with Crippen molar-refractivity contribution in [3.8, 4) is 0 Å². The Bertz CT molecular complexity index is 666. The number of anilines is 2. The maximum atomic E-state index is 12.9. The molecule has 23 heavy (non-hydrogen) atoms. The molecule has 1 N–H and O–H groups in total. The van der Waals surface area contributed by atoms with Crippen molar-refractivity contribution in [3.05, 3.63) is 29.3 Å². The topological polar surface area (TPSA) is 89.0 Å². The summed E-state index contributed by atoms with van der Waals surface area (Å²) in [5.74, 6) is 0.740. The minimum Gasteiger partial charge on any atom is -0.378 e. The molecule has 1 atom stereocenters. The SMILES string of the molecule is C[C@H](Nc1nc(Cl)nc(N2CCOCC2)n1)c1ncc(F)cn1. The van der Waals surface area contributed by atoms with E-state index < -0.39 is 5.82 Å². The Hall–Kier alpha value is -2.13. The highest BCUT2D eigenvalue weighted by Crippen LogP contribution is 2.18. The van der Waals surface area contributed by atoms with Crippen LogP contribution < -0.4 is 10.2 Å². The number of nitrogens with zero attached hydrogens (tertiary/aromatic N) is 6. The lowest BCUT2D eigenvalue weighted by Gasteiger charge is -2.27. The van der Waals surface area contributed by atoms with Crippen LogP contribution in [0.25, 0.3) is 0 Å². The van der Waals surface area contributed by atoms with Gasteiger partial charge in [-0.1, -0.05) is 0 Å². The smallest absolute Gasteiger partial charge is 0.231 e. The van der Waals surface area contributed by atoms with Crippen LogP contribution in [0.15, 0.2) is 12.4 Å². The highest BCUT2D eigenvalue weighted by molar-refractivity contribution is 6.28. The van der Waals surface area contributed by atoms with Crippen molar-refractivity contribution in [3.63, 3.8) is 0 Å². The quantitative estimate of drug-likeness (QED) is 0.895. The van der Waals surface area contributed by atoms with Crippen molar-refractivity contribution >= 4 is 23.5 Å². The second kappa shape index (κ2) is 6.97. The third kappa shape index (κ3) is 3.99. The molecule has 1 saturated heterocycles. The molecule has 10 heteroatoms. The average molecular weight is 340 g/mol.